The minimum Gasteiger partial charge on any atom is -0.493 e. The smallest absolute Gasteiger partial charge is 0.231 e. The van der Waals surface area contributed by atoms with Crippen LogP contribution in [0.4, 0.5) is 0 Å². The zero-order chi connectivity index (χ0) is 21.8. The SMILES string of the molecule is COc1cc([C@@H]2c3cc4c(cc3OC3(O)CCCC(=O)[C@@H]23)OCO4)cc(OC)c1OC. The predicted molar refractivity (Wildman–Crippen MR) is 108 cm³/mol. The van der Waals surface area contributed by atoms with Crippen molar-refractivity contribution in [1.82, 2.24) is 0 Å². The fourth-order valence-corrected chi connectivity index (χ4v) is 4.93. The zero-order valence-electron chi connectivity index (χ0n) is 17.6. The second-order valence-corrected chi connectivity index (χ2v) is 7.92. The molecule has 0 amide bonds. The van der Waals surface area contributed by atoms with Crippen LogP contribution in [0, 0.1) is 5.92 Å². The van der Waals surface area contributed by atoms with E-state index in [1.54, 1.807) is 20.3 Å². The van der Waals surface area contributed by atoms with Crippen molar-refractivity contribution in [3.8, 4) is 34.5 Å². The quantitative estimate of drug-likeness (QED) is 0.795. The van der Waals surface area contributed by atoms with Crippen LogP contribution in [0.2, 0.25) is 0 Å². The molecule has 3 atom stereocenters. The fourth-order valence-electron chi connectivity index (χ4n) is 4.93. The standard InChI is InChI=1S/C23H24O8/c1-26-18-7-12(8-19(27-2)22(18)28-3)20-13-9-16-17(30-11-29-16)10-15(13)31-23(25)6-4-5-14(24)21(20)23/h7-10,20-21,25H,4-6,11H2,1-3H3/t20-,21+,23?/m1/s1. The molecule has 2 aliphatic heterocycles. The third-order valence-corrected chi connectivity index (χ3v) is 6.30. The van der Waals surface area contributed by atoms with Crippen molar-refractivity contribution >= 4 is 5.78 Å². The van der Waals surface area contributed by atoms with Crippen LogP contribution in [0.15, 0.2) is 24.3 Å². The summed E-state index contributed by atoms with van der Waals surface area (Å²) in [6.07, 6.45) is 1.31. The molecule has 8 nitrogen and oxygen atoms in total. The first-order chi connectivity index (χ1) is 15.0. The first-order valence-corrected chi connectivity index (χ1v) is 10.2. The summed E-state index contributed by atoms with van der Waals surface area (Å²) in [4.78, 5) is 13.1. The number of hydrogen-bond donors (Lipinski definition) is 1. The molecular weight excluding hydrogens is 404 g/mol. The molecule has 2 aromatic carbocycles. The van der Waals surface area contributed by atoms with Crippen molar-refractivity contribution < 1.29 is 38.3 Å². The molecule has 1 aliphatic carbocycles. The fraction of sp³-hybridized carbons (Fsp3) is 0.435. The van der Waals surface area contributed by atoms with Crippen molar-refractivity contribution in [2.75, 3.05) is 28.1 Å². The number of hydrogen-bond acceptors (Lipinski definition) is 8. The van der Waals surface area contributed by atoms with Gasteiger partial charge in [0.15, 0.2) is 23.0 Å². The Morgan fingerprint density at radius 1 is 0.968 bits per heavy atom. The molecule has 0 radical (unpaired) electrons. The highest BCUT2D eigenvalue weighted by molar-refractivity contribution is 5.85. The number of ketones is 1. The van der Waals surface area contributed by atoms with Crippen molar-refractivity contribution in [3.63, 3.8) is 0 Å². The summed E-state index contributed by atoms with van der Waals surface area (Å²) in [6, 6.07) is 7.17. The van der Waals surface area contributed by atoms with Crippen LogP contribution in [-0.4, -0.2) is 44.8 Å². The largest absolute Gasteiger partial charge is 0.493 e. The second kappa shape index (κ2) is 7.23. The van der Waals surface area contributed by atoms with Gasteiger partial charge in [-0.25, -0.2) is 0 Å². The van der Waals surface area contributed by atoms with E-state index in [0.717, 1.165) is 11.1 Å². The van der Waals surface area contributed by atoms with E-state index >= 15 is 0 Å². The monoisotopic (exact) mass is 428 g/mol. The van der Waals surface area contributed by atoms with E-state index in [2.05, 4.69) is 0 Å². The number of rotatable bonds is 4. The highest BCUT2D eigenvalue weighted by atomic mass is 16.7. The van der Waals surface area contributed by atoms with E-state index in [-0.39, 0.29) is 12.6 Å². The topological polar surface area (TPSA) is 92.7 Å². The van der Waals surface area contributed by atoms with Gasteiger partial charge in [-0.15, -0.1) is 0 Å². The average molecular weight is 428 g/mol. The van der Waals surface area contributed by atoms with E-state index in [1.165, 1.54) is 7.11 Å². The Morgan fingerprint density at radius 2 is 1.65 bits per heavy atom. The molecule has 1 fully saturated rings. The number of aliphatic hydroxyl groups is 1. The molecule has 0 spiro atoms. The van der Waals surface area contributed by atoms with Gasteiger partial charge >= 0.3 is 0 Å². The Kier molecular flexibility index (Phi) is 4.62. The van der Waals surface area contributed by atoms with E-state index in [0.29, 0.717) is 53.8 Å². The van der Waals surface area contributed by atoms with Gasteiger partial charge in [0.2, 0.25) is 18.3 Å². The molecule has 0 saturated heterocycles. The minimum atomic E-state index is -1.61. The Labute approximate surface area is 179 Å². The Bertz CT molecular complexity index is 1020. The summed E-state index contributed by atoms with van der Waals surface area (Å²) in [5.41, 5.74) is 1.49. The van der Waals surface area contributed by atoms with Crippen LogP contribution in [0.5, 0.6) is 34.5 Å². The Hall–Kier alpha value is -3.13. The van der Waals surface area contributed by atoms with E-state index in [4.69, 9.17) is 28.4 Å². The van der Waals surface area contributed by atoms with Gasteiger partial charge in [-0.3, -0.25) is 4.79 Å². The summed E-state index contributed by atoms with van der Waals surface area (Å²) in [6.45, 7) is 0.111. The zero-order valence-corrected chi connectivity index (χ0v) is 17.6. The van der Waals surface area contributed by atoms with E-state index < -0.39 is 17.6 Å². The van der Waals surface area contributed by atoms with E-state index in [1.807, 2.05) is 18.2 Å². The lowest BCUT2D eigenvalue weighted by Gasteiger charge is -2.47. The molecule has 0 aromatic heterocycles. The first-order valence-electron chi connectivity index (χ1n) is 10.2. The molecule has 3 aliphatic rings. The van der Waals surface area contributed by atoms with Crippen molar-refractivity contribution in [1.29, 1.82) is 0 Å². The van der Waals surface area contributed by atoms with Gasteiger partial charge in [-0.1, -0.05) is 0 Å². The van der Waals surface area contributed by atoms with Crippen LogP contribution in [-0.2, 0) is 4.79 Å². The maximum Gasteiger partial charge on any atom is 0.231 e. The molecular formula is C23H24O8. The second-order valence-electron chi connectivity index (χ2n) is 7.92. The van der Waals surface area contributed by atoms with Crippen LogP contribution >= 0.6 is 0 Å². The van der Waals surface area contributed by atoms with Crippen LogP contribution in [0.3, 0.4) is 0 Å². The maximum absolute atomic E-state index is 13.1. The molecule has 1 unspecified atom stereocenters. The van der Waals surface area contributed by atoms with Gasteiger partial charge in [0.1, 0.15) is 11.5 Å². The average Bonchev–Trinajstić information content (AvgIpc) is 3.22. The molecule has 31 heavy (non-hydrogen) atoms. The number of methoxy groups -OCH3 is 3. The highest BCUT2D eigenvalue weighted by Crippen LogP contribution is 2.55. The first kappa shape index (κ1) is 19.8. The molecule has 1 N–H and O–H groups in total. The van der Waals surface area contributed by atoms with Crippen LogP contribution in [0.25, 0.3) is 0 Å². The molecule has 164 valence electrons. The van der Waals surface area contributed by atoms with Gasteiger partial charge in [-0.2, -0.15) is 0 Å². The van der Waals surface area contributed by atoms with Crippen molar-refractivity contribution in [2.24, 2.45) is 5.92 Å². The molecule has 0 bridgehead atoms. The van der Waals surface area contributed by atoms with E-state index in [9.17, 15) is 9.90 Å². The van der Waals surface area contributed by atoms with Crippen molar-refractivity contribution in [3.05, 3.63) is 35.4 Å². The summed E-state index contributed by atoms with van der Waals surface area (Å²) in [7, 11) is 4.62. The molecule has 1 saturated carbocycles. The third-order valence-electron chi connectivity index (χ3n) is 6.30. The molecule has 5 rings (SSSR count). The lowest BCUT2D eigenvalue weighted by Crippen LogP contribution is -2.55. The predicted octanol–water partition coefficient (Wildman–Crippen LogP) is 3.02. The van der Waals surface area contributed by atoms with Gasteiger partial charge in [0, 0.05) is 30.4 Å². The maximum atomic E-state index is 13.1. The molecule has 8 heteroatoms. The van der Waals surface area contributed by atoms with Gasteiger partial charge < -0.3 is 33.5 Å². The van der Waals surface area contributed by atoms with Gasteiger partial charge in [0.25, 0.3) is 0 Å². The normalized spacial score (nSPS) is 25.9. The third kappa shape index (κ3) is 2.96. The van der Waals surface area contributed by atoms with Gasteiger partial charge in [0.05, 0.1) is 27.2 Å². The minimum absolute atomic E-state index is 0.0455. The summed E-state index contributed by atoms with van der Waals surface area (Å²) in [5, 5.41) is 11.4. The summed E-state index contributed by atoms with van der Waals surface area (Å²) < 4.78 is 33.6. The number of Topliss-reactive ketones (excluding diaryl/α,β-unsaturated/α-hetero) is 1. The number of benzene rings is 2. The van der Waals surface area contributed by atoms with Crippen molar-refractivity contribution in [2.45, 2.75) is 31.0 Å². The molecule has 2 aromatic rings. The summed E-state index contributed by atoms with van der Waals surface area (Å²) >= 11 is 0. The van der Waals surface area contributed by atoms with Crippen LogP contribution < -0.4 is 28.4 Å². The highest BCUT2D eigenvalue weighted by Gasteiger charge is 2.55. The van der Waals surface area contributed by atoms with Crippen LogP contribution in [0.1, 0.15) is 36.3 Å². The lowest BCUT2D eigenvalue weighted by molar-refractivity contribution is -0.206. The number of fused-ring (bicyclic) bond motifs is 3. The Morgan fingerprint density at radius 3 is 2.29 bits per heavy atom. The lowest BCUT2D eigenvalue weighted by atomic mass is 9.67. The Balaban J connectivity index is 1.75. The molecule has 2 heterocycles. The number of carbonyl (C=O) groups excluding carboxylic acids is 1. The summed E-state index contributed by atoms with van der Waals surface area (Å²) in [5.74, 6) is 0.0574. The number of ether oxygens (including phenoxy) is 6. The van der Waals surface area contributed by atoms with Gasteiger partial charge in [-0.05, 0) is 30.2 Å². The number of carbonyl (C=O) groups is 1.